The zero-order chi connectivity index (χ0) is 10.4. The molecule has 4 heteroatoms. The van der Waals surface area contributed by atoms with E-state index >= 15 is 0 Å². The zero-order valence-electron chi connectivity index (χ0n) is 8.27. The standard InChI is InChI=1S/C10H15NO3/c1-2-14-9-5-3-6-11(10(9)13)7-4-8-12/h3,5-6,12H,2,4,7-8H2,1H3. The lowest BCUT2D eigenvalue weighted by molar-refractivity contribution is 0.277. The minimum absolute atomic E-state index is 0.0886. The van der Waals surface area contributed by atoms with E-state index in [1.54, 1.807) is 22.9 Å². The largest absolute Gasteiger partial charge is 0.488 e. The van der Waals surface area contributed by atoms with Gasteiger partial charge in [-0.2, -0.15) is 0 Å². The van der Waals surface area contributed by atoms with Crippen LogP contribution in [0.2, 0.25) is 0 Å². The van der Waals surface area contributed by atoms with Crippen molar-refractivity contribution < 1.29 is 9.84 Å². The van der Waals surface area contributed by atoms with Crippen molar-refractivity contribution in [3.8, 4) is 5.75 Å². The molecule has 14 heavy (non-hydrogen) atoms. The highest BCUT2D eigenvalue weighted by atomic mass is 16.5. The number of aliphatic hydroxyl groups is 1. The molecular weight excluding hydrogens is 182 g/mol. The van der Waals surface area contributed by atoms with Gasteiger partial charge in [0.05, 0.1) is 6.61 Å². The van der Waals surface area contributed by atoms with Gasteiger partial charge < -0.3 is 14.4 Å². The minimum Gasteiger partial charge on any atom is -0.488 e. The monoisotopic (exact) mass is 197 g/mol. The molecule has 0 radical (unpaired) electrons. The number of aliphatic hydroxyl groups excluding tert-OH is 1. The molecule has 0 bridgehead atoms. The number of rotatable bonds is 5. The molecule has 1 rings (SSSR count). The molecule has 0 unspecified atom stereocenters. The molecule has 0 amide bonds. The van der Waals surface area contributed by atoms with E-state index in [1.807, 2.05) is 6.92 Å². The van der Waals surface area contributed by atoms with Crippen LogP contribution in [-0.4, -0.2) is 22.9 Å². The molecule has 0 atom stereocenters. The summed E-state index contributed by atoms with van der Waals surface area (Å²) >= 11 is 0. The fourth-order valence-electron chi connectivity index (χ4n) is 1.20. The van der Waals surface area contributed by atoms with Gasteiger partial charge in [-0.1, -0.05) is 0 Å². The van der Waals surface area contributed by atoms with Crippen molar-refractivity contribution in [3.63, 3.8) is 0 Å². The number of pyridine rings is 1. The van der Waals surface area contributed by atoms with E-state index < -0.39 is 0 Å². The fraction of sp³-hybridized carbons (Fsp3) is 0.500. The Hall–Kier alpha value is -1.29. The molecule has 0 saturated heterocycles. The second-order valence-electron chi connectivity index (χ2n) is 2.88. The van der Waals surface area contributed by atoms with Crippen molar-refractivity contribution in [2.75, 3.05) is 13.2 Å². The number of nitrogens with zero attached hydrogens (tertiary/aromatic N) is 1. The summed E-state index contributed by atoms with van der Waals surface area (Å²) in [6.07, 6.45) is 2.27. The van der Waals surface area contributed by atoms with Crippen LogP contribution in [0.25, 0.3) is 0 Å². The number of aryl methyl sites for hydroxylation is 1. The highest BCUT2D eigenvalue weighted by molar-refractivity contribution is 5.17. The molecule has 1 N–H and O–H groups in total. The number of aromatic nitrogens is 1. The van der Waals surface area contributed by atoms with E-state index in [2.05, 4.69) is 0 Å². The summed E-state index contributed by atoms with van der Waals surface area (Å²) in [4.78, 5) is 11.6. The molecular formula is C10H15NO3. The Kier molecular flexibility index (Phi) is 4.19. The number of ether oxygens (including phenoxy) is 1. The molecule has 0 aliphatic carbocycles. The van der Waals surface area contributed by atoms with Crippen LogP contribution in [0.3, 0.4) is 0 Å². The average molecular weight is 197 g/mol. The van der Waals surface area contributed by atoms with Crippen LogP contribution < -0.4 is 10.3 Å². The molecule has 1 heterocycles. The minimum atomic E-state index is -0.136. The van der Waals surface area contributed by atoms with E-state index in [9.17, 15) is 4.79 Å². The van der Waals surface area contributed by atoms with Crippen molar-refractivity contribution >= 4 is 0 Å². The lowest BCUT2D eigenvalue weighted by Gasteiger charge is -2.07. The van der Waals surface area contributed by atoms with E-state index in [0.717, 1.165) is 0 Å². The topological polar surface area (TPSA) is 51.5 Å². The molecule has 1 aromatic rings. The average Bonchev–Trinajstić information content (AvgIpc) is 2.20. The molecule has 0 aliphatic heterocycles. The highest BCUT2D eigenvalue weighted by Crippen LogP contribution is 2.01. The molecule has 0 aromatic carbocycles. The Morgan fingerprint density at radius 2 is 2.36 bits per heavy atom. The van der Waals surface area contributed by atoms with Crippen LogP contribution in [0.5, 0.6) is 5.75 Å². The molecule has 0 fully saturated rings. The maximum atomic E-state index is 11.6. The summed E-state index contributed by atoms with van der Waals surface area (Å²) in [7, 11) is 0. The number of hydrogen-bond donors (Lipinski definition) is 1. The lowest BCUT2D eigenvalue weighted by Crippen LogP contribution is -2.21. The molecule has 78 valence electrons. The first-order valence-corrected chi connectivity index (χ1v) is 4.72. The van der Waals surface area contributed by atoms with Gasteiger partial charge >= 0.3 is 0 Å². The second-order valence-corrected chi connectivity index (χ2v) is 2.88. The number of hydrogen-bond acceptors (Lipinski definition) is 3. The van der Waals surface area contributed by atoms with Gasteiger partial charge in [0, 0.05) is 19.3 Å². The Labute approximate surface area is 82.8 Å². The third-order valence-corrected chi connectivity index (χ3v) is 1.84. The summed E-state index contributed by atoms with van der Waals surface area (Å²) in [5, 5.41) is 8.64. The van der Waals surface area contributed by atoms with E-state index in [-0.39, 0.29) is 12.2 Å². The summed E-state index contributed by atoms with van der Waals surface area (Å²) in [6.45, 7) is 2.94. The van der Waals surface area contributed by atoms with Gasteiger partial charge in [-0.05, 0) is 25.5 Å². The maximum Gasteiger partial charge on any atom is 0.292 e. The van der Waals surface area contributed by atoms with Crippen LogP contribution in [0.15, 0.2) is 23.1 Å². The van der Waals surface area contributed by atoms with E-state index in [1.165, 1.54) is 0 Å². The molecule has 0 spiro atoms. The van der Waals surface area contributed by atoms with Gasteiger partial charge in [0.25, 0.3) is 5.56 Å². The van der Waals surface area contributed by atoms with E-state index in [0.29, 0.717) is 25.3 Å². The summed E-state index contributed by atoms with van der Waals surface area (Å²) < 4.78 is 6.70. The van der Waals surface area contributed by atoms with Gasteiger partial charge in [0.2, 0.25) is 0 Å². The van der Waals surface area contributed by atoms with Crippen molar-refractivity contribution in [3.05, 3.63) is 28.7 Å². The Balaban J connectivity index is 2.84. The van der Waals surface area contributed by atoms with Gasteiger partial charge in [-0.25, -0.2) is 0 Å². The van der Waals surface area contributed by atoms with Crippen LogP contribution in [0, 0.1) is 0 Å². The third kappa shape index (κ3) is 2.60. The quantitative estimate of drug-likeness (QED) is 0.753. The van der Waals surface area contributed by atoms with Crippen molar-refractivity contribution in [2.45, 2.75) is 19.9 Å². The van der Waals surface area contributed by atoms with Gasteiger partial charge in [-0.15, -0.1) is 0 Å². The first-order valence-electron chi connectivity index (χ1n) is 4.72. The predicted molar refractivity (Wildman–Crippen MR) is 53.6 cm³/mol. The third-order valence-electron chi connectivity index (χ3n) is 1.84. The van der Waals surface area contributed by atoms with Crippen molar-refractivity contribution in [2.24, 2.45) is 0 Å². The maximum absolute atomic E-state index is 11.6. The summed E-state index contributed by atoms with van der Waals surface area (Å²) in [6, 6.07) is 3.42. The summed E-state index contributed by atoms with van der Waals surface area (Å²) in [5.74, 6) is 0.368. The van der Waals surface area contributed by atoms with Crippen LogP contribution in [0.4, 0.5) is 0 Å². The first-order chi connectivity index (χ1) is 6.79. The van der Waals surface area contributed by atoms with Gasteiger partial charge in [0.15, 0.2) is 5.75 Å². The van der Waals surface area contributed by atoms with Gasteiger partial charge in [-0.3, -0.25) is 4.79 Å². The lowest BCUT2D eigenvalue weighted by atomic mass is 10.4. The second kappa shape index (κ2) is 5.44. The Morgan fingerprint density at radius 1 is 1.57 bits per heavy atom. The Bertz CT molecular complexity index is 332. The molecule has 4 nitrogen and oxygen atoms in total. The first kappa shape index (κ1) is 10.8. The van der Waals surface area contributed by atoms with E-state index in [4.69, 9.17) is 9.84 Å². The SMILES string of the molecule is CCOc1cccn(CCCO)c1=O. The fourth-order valence-corrected chi connectivity index (χ4v) is 1.20. The van der Waals surface area contributed by atoms with Crippen molar-refractivity contribution in [1.29, 1.82) is 0 Å². The van der Waals surface area contributed by atoms with Crippen molar-refractivity contribution in [1.82, 2.24) is 4.57 Å². The zero-order valence-corrected chi connectivity index (χ0v) is 8.27. The van der Waals surface area contributed by atoms with Crippen LogP contribution in [0.1, 0.15) is 13.3 Å². The van der Waals surface area contributed by atoms with Crippen LogP contribution in [-0.2, 0) is 6.54 Å². The molecule has 0 saturated carbocycles. The van der Waals surface area contributed by atoms with Gasteiger partial charge in [0.1, 0.15) is 0 Å². The predicted octanol–water partition coefficient (Wildman–Crippen LogP) is 0.629. The molecule has 0 aliphatic rings. The van der Waals surface area contributed by atoms with Crippen LogP contribution >= 0.6 is 0 Å². The highest BCUT2D eigenvalue weighted by Gasteiger charge is 2.02. The molecule has 1 aromatic heterocycles. The smallest absolute Gasteiger partial charge is 0.292 e. The Morgan fingerprint density at radius 3 is 3.00 bits per heavy atom. The summed E-state index contributed by atoms with van der Waals surface area (Å²) in [5.41, 5.74) is -0.136. The normalized spacial score (nSPS) is 10.1.